The summed E-state index contributed by atoms with van der Waals surface area (Å²) in [7, 11) is 0.742. The van der Waals surface area contributed by atoms with Gasteiger partial charge in [0, 0.05) is 10.0 Å². The van der Waals surface area contributed by atoms with Crippen molar-refractivity contribution in [3.8, 4) is 17.2 Å². The number of hydrazone groups is 1. The molecule has 1 N–H and O–H groups in total. The predicted octanol–water partition coefficient (Wildman–Crippen LogP) is 2.79. The highest BCUT2D eigenvalue weighted by Gasteiger charge is 2.14. The van der Waals surface area contributed by atoms with E-state index in [1.807, 2.05) is 0 Å². The van der Waals surface area contributed by atoms with Crippen LogP contribution in [0.3, 0.4) is 0 Å². The van der Waals surface area contributed by atoms with Gasteiger partial charge in [-0.05, 0) is 36.4 Å². The summed E-state index contributed by atoms with van der Waals surface area (Å²) in [6, 6.07) is 9.52. The van der Waals surface area contributed by atoms with E-state index in [4.69, 9.17) is 14.2 Å². The Hall–Kier alpha value is -2.26. The molecule has 0 heterocycles. The Morgan fingerprint density at radius 3 is 2.04 bits per heavy atom. The van der Waals surface area contributed by atoms with E-state index >= 15 is 0 Å². The van der Waals surface area contributed by atoms with E-state index in [-0.39, 0.29) is 4.90 Å². The van der Waals surface area contributed by atoms with Crippen molar-refractivity contribution >= 4 is 32.2 Å². The molecule has 0 aliphatic carbocycles. The summed E-state index contributed by atoms with van der Waals surface area (Å²) in [5.74, 6) is 1.33. The summed E-state index contributed by atoms with van der Waals surface area (Å²) in [6.07, 6.45) is 1.35. The van der Waals surface area contributed by atoms with Gasteiger partial charge in [0.15, 0.2) is 11.5 Å². The molecule has 0 bridgehead atoms. The summed E-state index contributed by atoms with van der Waals surface area (Å²) in [4.78, 5) is 2.27. The molecule has 0 aliphatic heterocycles. The van der Waals surface area contributed by atoms with Gasteiger partial charge in [-0.1, -0.05) is 15.9 Å². The highest BCUT2D eigenvalue weighted by atomic mass is 79.9. The van der Waals surface area contributed by atoms with Gasteiger partial charge in [0.25, 0.3) is 10.0 Å². The van der Waals surface area contributed by atoms with E-state index in [9.17, 15) is 8.42 Å². The zero-order valence-corrected chi connectivity index (χ0v) is 16.2. The third-order valence-electron chi connectivity index (χ3n) is 3.20. The second-order valence-corrected chi connectivity index (χ2v) is 7.34. The minimum Gasteiger partial charge on any atom is -0.493 e. The van der Waals surface area contributed by atoms with E-state index in [2.05, 4.69) is 25.9 Å². The second-order valence-electron chi connectivity index (χ2n) is 4.77. The van der Waals surface area contributed by atoms with Crippen molar-refractivity contribution in [1.82, 2.24) is 4.83 Å². The van der Waals surface area contributed by atoms with Crippen LogP contribution >= 0.6 is 15.9 Å². The fraction of sp³-hybridized carbons (Fsp3) is 0.188. The molecular formula is C16H17BrN2O5S. The fourth-order valence-electron chi connectivity index (χ4n) is 2.01. The topological polar surface area (TPSA) is 86.2 Å². The van der Waals surface area contributed by atoms with Crippen molar-refractivity contribution in [2.75, 3.05) is 21.3 Å². The lowest BCUT2D eigenvalue weighted by molar-refractivity contribution is 0.324. The van der Waals surface area contributed by atoms with Gasteiger partial charge in [0.1, 0.15) is 0 Å². The van der Waals surface area contributed by atoms with Gasteiger partial charge in [-0.3, -0.25) is 0 Å². The Bertz CT molecular complexity index is 842. The number of hydrogen-bond donors (Lipinski definition) is 1. The molecular weight excluding hydrogens is 412 g/mol. The first-order valence-electron chi connectivity index (χ1n) is 7.01. The number of nitrogens with zero attached hydrogens (tertiary/aromatic N) is 1. The van der Waals surface area contributed by atoms with Crippen LogP contribution in [0.25, 0.3) is 0 Å². The molecule has 0 aliphatic rings. The highest BCUT2D eigenvalue weighted by molar-refractivity contribution is 9.10. The second kappa shape index (κ2) is 8.21. The Morgan fingerprint density at radius 1 is 1.00 bits per heavy atom. The number of halogens is 1. The van der Waals surface area contributed by atoms with Crippen LogP contribution in [0.15, 0.2) is 50.9 Å². The average Bonchev–Trinajstić information content (AvgIpc) is 2.61. The molecule has 0 saturated heterocycles. The van der Waals surface area contributed by atoms with Gasteiger partial charge in [0.2, 0.25) is 5.75 Å². The number of nitrogens with one attached hydrogen (secondary N) is 1. The number of ether oxygens (including phenoxy) is 3. The van der Waals surface area contributed by atoms with Gasteiger partial charge >= 0.3 is 0 Å². The lowest BCUT2D eigenvalue weighted by atomic mass is 10.2. The minimum absolute atomic E-state index is 0.109. The van der Waals surface area contributed by atoms with E-state index in [1.165, 1.54) is 39.7 Å². The molecule has 25 heavy (non-hydrogen) atoms. The van der Waals surface area contributed by atoms with Crippen molar-refractivity contribution < 1.29 is 22.6 Å². The lowest BCUT2D eigenvalue weighted by Gasteiger charge is -2.12. The summed E-state index contributed by atoms with van der Waals surface area (Å²) in [5.41, 5.74) is 0.577. The zero-order chi connectivity index (χ0) is 18.4. The first kappa shape index (κ1) is 19.1. The number of rotatable bonds is 7. The standard InChI is InChI=1S/C16H17BrN2O5S/c1-22-14-8-11(9-15(23-2)16(14)24-3)10-18-19-25(20,21)13-6-4-12(17)5-7-13/h4-10,19H,1-3H3. The smallest absolute Gasteiger partial charge is 0.276 e. The van der Waals surface area contributed by atoms with Crippen molar-refractivity contribution in [1.29, 1.82) is 0 Å². The Morgan fingerprint density at radius 2 is 1.56 bits per heavy atom. The minimum atomic E-state index is -3.75. The van der Waals surface area contributed by atoms with Gasteiger partial charge in [-0.25, -0.2) is 4.83 Å². The molecule has 0 atom stereocenters. The Kier molecular flexibility index (Phi) is 6.27. The van der Waals surface area contributed by atoms with E-state index < -0.39 is 10.0 Å². The molecule has 2 aromatic rings. The van der Waals surface area contributed by atoms with Crippen LogP contribution in [-0.2, 0) is 10.0 Å². The summed E-state index contributed by atoms with van der Waals surface area (Å²) in [5, 5.41) is 3.79. The van der Waals surface area contributed by atoms with Gasteiger partial charge < -0.3 is 14.2 Å². The maximum Gasteiger partial charge on any atom is 0.276 e. The zero-order valence-electron chi connectivity index (χ0n) is 13.8. The maximum absolute atomic E-state index is 12.2. The highest BCUT2D eigenvalue weighted by Crippen LogP contribution is 2.37. The van der Waals surface area contributed by atoms with E-state index in [0.29, 0.717) is 22.8 Å². The fourth-order valence-corrected chi connectivity index (χ4v) is 3.07. The molecule has 0 saturated carbocycles. The molecule has 0 amide bonds. The molecule has 0 spiro atoms. The number of benzene rings is 2. The normalized spacial score (nSPS) is 11.4. The molecule has 0 unspecified atom stereocenters. The average molecular weight is 429 g/mol. The molecule has 0 aromatic heterocycles. The van der Waals surface area contributed by atoms with Crippen LogP contribution in [0.2, 0.25) is 0 Å². The van der Waals surface area contributed by atoms with Crippen molar-refractivity contribution in [2.45, 2.75) is 4.90 Å². The quantitative estimate of drug-likeness (QED) is 0.541. The van der Waals surface area contributed by atoms with Gasteiger partial charge in [0.05, 0.1) is 32.4 Å². The van der Waals surface area contributed by atoms with Gasteiger partial charge in [-0.15, -0.1) is 0 Å². The third kappa shape index (κ3) is 4.64. The lowest BCUT2D eigenvalue weighted by Crippen LogP contribution is -2.18. The molecule has 0 fully saturated rings. The van der Waals surface area contributed by atoms with Crippen molar-refractivity contribution in [3.05, 3.63) is 46.4 Å². The number of sulfonamides is 1. The molecule has 134 valence electrons. The monoisotopic (exact) mass is 428 g/mol. The van der Waals surface area contributed by atoms with Crippen LogP contribution in [0.4, 0.5) is 0 Å². The Balaban J connectivity index is 2.23. The number of methoxy groups -OCH3 is 3. The first-order valence-corrected chi connectivity index (χ1v) is 9.29. The SMILES string of the molecule is COc1cc(C=NNS(=O)(=O)c2ccc(Br)cc2)cc(OC)c1OC. The van der Waals surface area contributed by atoms with E-state index in [0.717, 1.165) is 4.47 Å². The number of hydrogen-bond acceptors (Lipinski definition) is 6. The molecule has 2 rings (SSSR count). The predicted molar refractivity (Wildman–Crippen MR) is 98.2 cm³/mol. The summed E-state index contributed by atoms with van der Waals surface area (Å²) < 4.78 is 40.8. The van der Waals surface area contributed by atoms with Crippen LogP contribution in [0.5, 0.6) is 17.2 Å². The van der Waals surface area contributed by atoms with Crippen LogP contribution in [0, 0.1) is 0 Å². The van der Waals surface area contributed by atoms with Crippen LogP contribution in [-0.4, -0.2) is 36.0 Å². The molecule has 0 radical (unpaired) electrons. The van der Waals surface area contributed by atoms with Crippen molar-refractivity contribution in [3.63, 3.8) is 0 Å². The largest absolute Gasteiger partial charge is 0.493 e. The van der Waals surface area contributed by atoms with Crippen LogP contribution < -0.4 is 19.0 Å². The summed E-state index contributed by atoms with van der Waals surface area (Å²) in [6.45, 7) is 0. The molecule has 7 nitrogen and oxygen atoms in total. The van der Waals surface area contributed by atoms with E-state index in [1.54, 1.807) is 24.3 Å². The maximum atomic E-state index is 12.2. The Labute approximate surface area is 154 Å². The van der Waals surface area contributed by atoms with Crippen LogP contribution in [0.1, 0.15) is 5.56 Å². The summed E-state index contributed by atoms with van der Waals surface area (Å²) >= 11 is 3.26. The first-order chi connectivity index (χ1) is 11.9. The van der Waals surface area contributed by atoms with Gasteiger partial charge in [-0.2, -0.15) is 13.5 Å². The molecule has 9 heteroatoms. The van der Waals surface area contributed by atoms with Crippen molar-refractivity contribution in [2.24, 2.45) is 5.10 Å². The molecule has 2 aromatic carbocycles. The third-order valence-corrected chi connectivity index (χ3v) is 4.96.